The topological polar surface area (TPSA) is 135 Å². The second-order valence-corrected chi connectivity index (χ2v) is 4.09. The van der Waals surface area contributed by atoms with Gasteiger partial charge in [0.25, 0.3) is 0 Å². The number of carbonyl (C=O) groups excluding carboxylic acids is 1. The third-order valence-electron chi connectivity index (χ3n) is 2.50. The molecule has 4 atom stereocenters. The second-order valence-electron chi connectivity index (χ2n) is 3.65. The van der Waals surface area contributed by atoms with Crippen LogP contribution in [0.1, 0.15) is 6.23 Å². The molecule has 10 heteroatoms. The first-order valence-corrected chi connectivity index (χ1v) is 5.28. The van der Waals surface area contributed by atoms with Gasteiger partial charge in [0.1, 0.15) is 18.5 Å². The second kappa shape index (κ2) is 4.65. The van der Waals surface area contributed by atoms with Crippen molar-refractivity contribution in [3.8, 4) is 0 Å². The van der Waals surface area contributed by atoms with Gasteiger partial charge in [-0.3, -0.25) is 14.3 Å². The number of carbonyl (C=O) groups is 1. The van der Waals surface area contributed by atoms with Crippen LogP contribution in [0.3, 0.4) is 0 Å². The molecule has 0 saturated carbocycles. The molecule has 18 heavy (non-hydrogen) atoms. The number of H-pyrrole nitrogens is 1. The number of aromatic nitrogens is 3. The average molecular weight is 275 g/mol. The smallest absolute Gasteiger partial charge is 0.350 e. The van der Waals surface area contributed by atoms with Gasteiger partial charge in [0.15, 0.2) is 12.3 Å². The maximum absolute atomic E-state index is 11.4. The lowest BCUT2D eigenvalue weighted by atomic mass is 10.1. The van der Waals surface area contributed by atoms with Gasteiger partial charge in [-0.1, -0.05) is 0 Å². The zero-order chi connectivity index (χ0) is 13.4. The van der Waals surface area contributed by atoms with Crippen molar-refractivity contribution >= 4 is 17.7 Å². The highest BCUT2D eigenvalue weighted by atomic mass is 32.1. The van der Waals surface area contributed by atoms with E-state index in [-0.39, 0.29) is 0 Å². The number of nitrogens with one attached hydrogen (secondary N) is 1. The molecule has 0 aliphatic carbocycles. The Kier molecular flexibility index (Phi) is 3.34. The molecule has 1 aromatic rings. The van der Waals surface area contributed by atoms with E-state index < -0.39 is 41.0 Å². The highest BCUT2D eigenvalue weighted by molar-refractivity contribution is 7.96. The minimum absolute atomic E-state index is 0.770. The molecule has 0 amide bonds. The normalized spacial score (nSPS) is 31.5. The Bertz CT molecular complexity index is 583. The number of hydrogen-bond donors (Lipinski definition) is 4. The fourth-order valence-electron chi connectivity index (χ4n) is 1.63. The summed E-state index contributed by atoms with van der Waals surface area (Å²) in [6.07, 6.45) is -4.85. The van der Waals surface area contributed by atoms with Crippen LogP contribution >= 0.6 is 12.6 Å². The molecule has 9 nitrogen and oxygen atoms in total. The SMILES string of the molecule is O=C(S)[C@H]1O[C@@H](n2cnc(=O)[nH]c2=O)[C@H](O)[C@@H]1O. The number of hydrogen-bond acceptors (Lipinski definition) is 7. The minimum atomic E-state index is -1.52. The molecule has 0 radical (unpaired) electrons. The summed E-state index contributed by atoms with van der Waals surface area (Å²) in [5, 5.41) is 18.5. The first-order chi connectivity index (χ1) is 8.41. The molecule has 1 fully saturated rings. The van der Waals surface area contributed by atoms with Crippen LogP contribution in [0.25, 0.3) is 0 Å². The van der Waals surface area contributed by atoms with Crippen LogP contribution in [0.15, 0.2) is 15.9 Å². The van der Waals surface area contributed by atoms with Crippen molar-refractivity contribution in [1.29, 1.82) is 0 Å². The summed E-state index contributed by atoms with van der Waals surface area (Å²) < 4.78 is 5.80. The standard InChI is InChI=1S/C8H9N3O6S/c12-2-3(13)5(17-4(2)6(14)18)11-1-9-7(15)10-8(11)16/h1-5,12-13H,(H,14,18)(H,10,15,16)/t2-,3+,4-,5+/m0/s1. The number of ether oxygens (including phenoxy) is 1. The van der Waals surface area contributed by atoms with E-state index in [4.69, 9.17) is 4.74 Å². The number of thiol groups is 1. The van der Waals surface area contributed by atoms with Crippen LogP contribution in [-0.4, -0.2) is 48.2 Å². The van der Waals surface area contributed by atoms with Crippen molar-refractivity contribution < 1.29 is 19.7 Å². The van der Waals surface area contributed by atoms with Gasteiger partial charge in [-0.15, -0.1) is 12.6 Å². The number of nitrogens with zero attached hydrogens (tertiary/aromatic N) is 2. The Morgan fingerprint density at radius 2 is 2.11 bits per heavy atom. The molecule has 98 valence electrons. The molecule has 1 saturated heterocycles. The molecule has 2 rings (SSSR count). The number of rotatable bonds is 2. The summed E-state index contributed by atoms with van der Waals surface area (Å²) in [6, 6.07) is 0. The molecule has 2 heterocycles. The van der Waals surface area contributed by atoms with E-state index >= 15 is 0 Å². The van der Waals surface area contributed by atoms with E-state index in [2.05, 4.69) is 17.6 Å². The molecule has 3 N–H and O–H groups in total. The zero-order valence-corrected chi connectivity index (χ0v) is 9.65. The van der Waals surface area contributed by atoms with Gasteiger partial charge in [0.2, 0.25) is 5.12 Å². The summed E-state index contributed by atoms with van der Waals surface area (Å²) in [5.41, 5.74) is -1.73. The van der Waals surface area contributed by atoms with E-state index in [0.717, 1.165) is 10.9 Å². The number of aliphatic hydroxyl groups is 2. The highest BCUT2D eigenvalue weighted by Crippen LogP contribution is 2.28. The summed E-state index contributed by atoms with van der Waals surface area (Å²) >= 11 is 3.49. The molecule has 0 aromatic carbocycles. The lowest BCUT2D eigenvalue weighted by Gasteiger charge is -2.15. The summed E-state index contributed by atoms with van der Waals surface area (Å²) in [4.78, 5) is 38.4. The van der Waals surface area contributed by atoms with Crippen LogP contribution in [0, 0.1) is 0 Å². The van der Waals surface area contributed by atoms with Crippen molar-refractivity contribution in [3.63, 3.8) is 0 Å². The van der Waals surface area contributed by atoms with E-state index in [0.29, 0.717) is 0 Å². The highest BCUT2D eigenvalue weighted by Gasteiger charge is 2.46. The Morgan fingerprint density at radius 3 is 2.61 bits per heavy atom. The fourth-order valence-corrected chi connectivity index (χ4v) is 1.84. The molecular formula is C8H9N3O6S. The van der Waals surface area contributed by atoms with Crippen molar-refractivity contribution in [2.24, 2.45) is 0 Å². The van der Waals surface area contributed by atoms with Crippen molar-refractivity contribution in [1.82, 2.24) is 14.5 Å². The maximum Gasteiger partial charge on any atom is 0.350 e. The Balaban J connectivity index is 2.38. The van der Waals surface area contributed by atoms with Crippen LogP contribution in [0.4, 0.5) is 0 Å². The molecule has 0 unspecified atom stereocenters. The minimum Gasteiger partial charge on any atom is -0.387 e. The molecule has 1 aliphatic heterocycles. The molecule has 1 aromatic heterocycles. The number of aromatic amines is 1. The van der Waals surface area contributed by atoms with Gasteiger partial charge >= 0.3 is 11.4 Å². The summed E-state index contributed by atoms with van der Waals surface area (Å²) in [6.45, 7) is 0. The van der Waals surface area contributed by atoms with Crippen LogP contribution < -0.4 is 11.4 Å². The Morgan fingerprint density at radius 1 is 1.44 bits per heavy atom. The Labute approximate surface area is 104 Å². The van der Waals surface area contributed by atoms with Gasteiger partial charge in [-0.25, -0.2) is 9.59 Å². The third-order valence-corrected chi connectivity index (χ3v) is 2.76. The fraction of sp³-hybridized carbons (Fsp3) is 0.500. The molecular weight excluding hydrogens is 266 g/mol. The van der Waals surface area contributed by atoms with Gasteiger partial charge in [-0.05, 0) is 0 Å². The third kappa shape index (κ3) is 2.10. The van der Waals surface area contributed by atoms with E-state index in [1.807, 2.05) is 4.98 Å². The van der Waals surface area contributed by atoms with E-state index in [9.17, 15) is 24.6 Å². The molecule has 0 bridgehead atoms. The van der Waals surface area contributed by atoms with Crippen molar-refractivity contribution in [2.45, 2.75) is 24.5 Å². The van der Waals surface area contributed by atoms with Crippen molar-refractivity contribution in [3.05, 3.63) is 27.3 Å². The summed E-state index contributed by atoms with van der Waals surface area (Å²) in [5.74, 6) is 0. The van der Waals surface area contributed by atoms with Crippen LogP contribution in [0.2, 0.25) is 0 Å². The van der Waals surface area contributed by atoms with Gasteiger partial charge in [0.05, 0.1) is 0 Å². The number of aliphatic hydroxyl groups excluding tert-OH is 2. The largest absolute Gasteiger partial charge is 0.387 e. The molecule has 0 spiro atoms. The lowest BCUT2D eigenvalue weighted by molar-refractivity contribution is -0.126. The molecule has 1 aliphatic rings. The van der Waals surface area contributed by atoms with Gasteiger partial charge in [0, 0.05) is 0 Å². The van der Waals surface area contributed by atoms with Crippen LogP contribution in [-0.2, 0) is 9.53 Å². The first-order valence-electron chi connectivity index (χ1n) is 4.83. The first kappa shape index (κ1) is 13.0. The lowest BCUT2D eigenvalue weighted by Crippen LogP contribution is -2.38. The Hall–Kier alpha value is -1.49. The van der Waals surface area contributed by atoms with Gasteiger partial charge < -0.3 is 14.9 Å². The predicted octanol–water partition coefficient (Wildman–Crippen LogP) is -2.99. The van der Waals surface area contributed by atoms with Crippen LogP contribution in [0.5, 0.6) is 0 Å². The quantitative estimate of drug-likeness (QED) is 0.423. The van der Waals surface area contributed by atoms with Gasteiger partial charge in [-0.2, -0.15) is 4.98 Å². The predicted molar refractivity (Wildman–Crippen MR) is 59.0 cm³/mol. The van der Waals surface area contributed by atoms with Crippen molar-refractivity contribution in [2.75, 3.05) is 0 Å². The van der Waals surface area contributed by atoms with E-state index in [1.165, 1.54) is 0 Å². The summed E-state index contributed by atoms with van der Waals surface area (Å²) in [7, 11) is 0. The monoisotopic (exact) mass is 275 g/mol. The van der Waals surface area contributed by atoms with E-state index in [1.54, 1.807) is 0 Å². The average Bonchev–Trinajstić information content (AvgIpc) is 2.57. The maximum atomic E-state index is 11.4. The zero-order valence-electron chi connectivity index (χ0n) is 8.76.